The Morgan fingerprint density at radius 1 is 1.41 bits per heavy atom. The number of piperidine rings is 1. The number of nitrogens with zero attached hydrogens (tertiary/aromatic N) is 2. The lowest BCUT2D eigenvalue weighted by Crippen LogP contribution is -2.56. The fourth-order valence-electron chi connectivity index (χ4n) is 4.08. The Labute approximate surface area is 133 Å². The molecule has 0 bridgehead atoms. The summed E-state index contributed by atoms with van der Waals surface area (Å²) in [5, 5.41) is 0. The molecule has 0 radical (unpaired) electrons. The summed E-state index contributed by atoms with van der Waals surface area (Å²) < 4.78 is 22.7. The first-order valence-electron chi connectivity index (χ1n) is 7.55. The lowest BCUT2D eigenvalue weighted by atomic mass is 9.55. The molecule has 0 unspecified atom stereocenters. The maximum absolute atomic E-state index is 12.4. The van der Waals surface area contributed by atoms with E-state index < -0.39 is 15.3 Å². The molecule has 0 spiro atoms. The van der Waals surface area contributed by atoms with Crippen LogP contribution in [-0.4, -0.2) is 50.7 Å². The van der Waals surface area contributed by atoms with Gasteiger partial charge in [-0.15, -0.1) is 0 Å². The number of Topliss-reactive ketones (excluding diaryl/α,β-unsaturated/α-hetero) is 1. The molecule has 122 valence electrons. The Morgan fingerprint density at radius 2 is 2.05 bits per heavy atom. The molecule has 0 aromatic heterocycles. The van der Waals surface area contributed by atoms with Gasteiger partial charge in [0.1, 0.15) is 9.84 Å². The third kappa shape index (κ3) is 3.11. The maximum Gasteiger partial charge on any atom is 0.226 e. The largest absolute Gasteiger partial charge is 0.307 e. The van der Waals surface area contributed by atoms with Crippen LogP contribution in [0, 0.1) is 23.3 Å². The molecule has 1 aliphatic heterocycles. The fraction of sp³-hybridized carbons (Fsp3) is 0.750. The number of fused-ring (bicyclic) bond motifs is 1. The number of allylic oxidation sites excluding steroid dienone is 1. The molecule has 2 atom stereocenters. The first-order chi connectivity index (χ1) is 9.99. The van der Waals surface area contributed by atoms with E-state index in [9.17, 15) is 13.2 Å². The zero-order valence-electron chi connectivity index (χ0n) is 13.7. The fourth-order valence-corrected chi connectivity index (χ4v) is 4.67. The Kier molecular flexibility index (Phi) is 4.27. The van der Waals surface area contributed by atoms with Crippen LogP contribution in [0.3, 0.4) is 0 Å². The molecule has 6 heteroatoms. The van der Waals surface area contributed by atoms with Crippen molar-refractivity contribution in [2.75, 3.05) is 31.6 Å². The zero-order chi connectivity index (χ0) is 16.8. The van der Waals surface area contributed by atoms with Gasteiger partial charge in [-0.05, 0) is 24.3 Å². The summed E-state index contributed by atoms with van der Waals surface area (Å²) in [6, 6.07) is 0. The molecule has 2 aliphatic rings. The van der Waals surface area contributed by atoms with Crippen LogP contribution in [0.5, 0.6) is 0 Å². The highest BCUT2D eigenvalue weighted by Crippen LogP contribution is 2.52. The SMILES string of the molecule is [C-]#[N+]C1=C[C@@]2(C)CN(CCS(C)(=O)=O)CC[C@@H]2C(C)(C)C1=O. The number of rotatable bonds is 3. The molecule has 0 aromatic carbocycles. The van der Waals surface area contributed by atoms with Gasteiger partial charge in [-0.1, -0.05) is 26.8 Å². The van der Waals surface area contributed by atoms with E-state index in [0.717, 1.165) is 13.0 Å². The third-order valence-corrected chi connectivity index (χ3v) is 6.07. The number of ketones is 1. The summed E-state index contributed by atoms with van der Waals surface area (Å²) in [6.07, 6.45) is 3.92. The van der Waals surface area contributed by atoms with Gasteiger partial charge in [0.05, 0.1) is 12.3 Å². The minimum Gasteiger partial charge on any atom is -0.307 e. The number of hydrogen-bond acceptors (Lipinski definition) is 4. The van der Waals surface area contributed by atoms with Crippen molar-refractivity contribution in [2.45, 2.75) is 27.2 Å². The van der Waals surface area contributed by atoms with Crippen LogP contribution in [-0.2, 0) is 14.6 Å². The summed E-state index contributed by atoms with van der Waals surface area (Å²) in [5.74, 6) is 0.275. The summed E-state index contributed by atoms with van der Waals surface area (Å²) in [5.41, 5.74) is -0.562. The molecule has 22 heavy (non-hydrogen) atoms. The topological polar surface area (TPSA) is 58.8 Å². The first-order valence-corrected chi connectivity index (χ1v) is 9.61. The van der Waals surface area contributed by atoms with Gasteiger partial charge in [0.15, 0.2) is 5.78 Å². The monoisotopic (exact) mass is 324 g/mol. The van der Waals surface area contributed by atoms with Crippen molar-refractivity contribution < 1.29 is 13.2 Å². The zero-order valence-corrected chi connectivity index (χ0v) is 14.5. The van der Waals surface area contributed by atoms with Crippen molar-refractivity contribution in [3.63, 3.8) is 0 Å². The summed E-state index contributed by atoms with van der Waals surface area (Å²) >= 11 is 0. The van der Waals surface area contributed by atoms with E-state index in [1.165, 1.54) is 6.26 Å². The maximum atomic E-state index is 12.4. The Balaban J connectivity index is 2.26. The van der Waals surface area contributed by atoms with Crippen LogP contribution in [0.2, 0.25) is 0 Å². The average Bonchev–Trinajstić information content (AvgIpc) is 2.39. The first kappa shape index (κ1) is 17.2. The second-order valence-corrected chi connectivity index (χ2v) is 9.71. The third-order valence-electron chi connectivity index (χ3n) is 5.15. The van der Waals surface area contributed by atoms with Crippen molar-refractivity contribution in [3.8, 4) is 0 Å². The average molecular weight is 324 g/mol. The van der Waals surface area contributed by atoms with Crippen molar-refractivity contribution in [1.82, 2.24) is 4.90 Å². The van der Waals surface area contributed by atoms with E-state index in [0.29, 0.717) is 13.1 Å². The highest BCUT2D eigenvalue weighted by atomic mass is 32.2. The smallest absolute Gasteiger partial charge is 0.226 e. The van der Waals surface area contributed by atoms with Crippen molar-refractivity contribution in [2.24, 2.45) is 16.7 Å². The molecule has 1 fully saturated rings. The predicted octanol–water partition coefficient (Wildman–Crippen LogP) is 1.77. The quantitative estimate of drug-likeness (QED) is 0.743. The van der Waals surface area contributed by atoms with Crippen LogP contribution in [0.1, 0.15) is 27.2 Å². The van der Waals surface area contributed by atoms with Crippen molar-refractivity contribution >= 4 is 15.6 Å². The molecule has 0 amide bonds. The second kappa shape index (κ2) is 5.47. The lowest BCUT2D eigenvalue weighted by molar-refractivity contribution is -0.132. The molecule has 0 N–H and O–H groups in total. The molecule has 0 aromatic rings. The van der Waals surface area contributed by atoms with E-state index in [1.807, 2.05) is 19.9 Å². The molecule has 1 heterocycles. The number of carbonyl (C=O) groups excluding carboxylic acids is 1. The predicted molar refractivity (Wildman–Crippen MR) is 85.8 cm³/mol. The molecule has 0 saturated carbocycles. The minimum absolute atomic E-state index is 0.0606. The van der Waals surface area contributed by atoms with Gasteiger partial charge >= 0.3 is 0 Å². The molecular weight excluding hydrogens is 300 g/mol. The number of hydrogen-bond donors (Lipinski definition) is 0. The van der Waals surface area contributed by atoms with Crippen LogP contribution in [0.15, 0.2) is 11.8 Å². The minimum atomic E-state index is -2.98. The normalized spacial score (nSPS) is 32.0. The van der Waals surface area contributed by atoms with Crippen molar-refractivity contribution in [1.29, 1.82) is 0 Å². The van der Waals surface area contributed by atoms with E-state index in [-0.39, 0.29) is 28.6 Å². The van der Waals surface area contributed by atoms with E-state index in [4.69, 9.17) is 6.57 Å². The molecule has 1 saturated heterocycles. The number of carbonyl (C=O) groups is 1. The van der Waals surface area contributed by atoms with Gasteiger partial charge in [0.2, 0.25) is 5.70 Å². The van der Waals surface area contributed by atoms with Crippen LogP contribution >= 0.6 is 0 Å². The highest BCUT2D eigenvalue weighted by Gasteiger charge is 2.52. The van der Waals surface area contributed by atoms with Gasteiger partial charge in [0.25, 0.3) is 0 Å². The standard InChI is InChI=1S/C16H24N2O3S/c1-15(2)13-6-7-18(8-9-22(5,20)21)11-16(13,3)10-12(17-4)14(15)19/h10,13H,6-9,11H2,1-3,5H3/t13-,16+/m1/s1. The van der Waals surface area contributed by atoms with Gasteiger partial charge in [0, 0.05) is 24.8 Å². The highest BCUT2D eigenvalue weighted by molar-refractivity contribution is 7.90. The number of sulfone groups is 1. The van der Waals surface area contributed by atoms with Crippen LogP contribution in [0.4, 0.5) is 0 Å². The van der Waals surface area contributed by atoms with E-state index >= 15 is 0 Å². The second-order valence-electron chi connectivity index (χ2n) is 7.45. The Morgan fingerprint density at radius 3 is 2.59 bits per heavy atom. The number of likely N-dealkylation sites (tertiary alicyclic amines) is 1. The summed E-state index contributed by atoms with van der Waals surface area (Å²) in [4.78, 5) is 18.0. The molecular formula is C16H24N2O3S. The van der Waals surface area contributed by atoms with Crippen LogP contribution < -0.4 is 0 Å². The lowest BCUT2D eigenvalue weighted by Gasteiger charge is -2.53. The Hall–Kier alpha value is -1.19. The van der Waals surface area contributed by atoms with Gasteiger partial charge < -0.3 is 9.69 Å². The van der Waals surface area contributed by atoms with Crippen molar-refractivity contribution in [3.05, 3.63) is 23.2 Å². The van der Waals surface area contributed by atoms with Gasteiger partial charge in [-0.3, -0.25) is 0 Å². The van der Waals surface area contributed by atoms with E-state index in [1.54, 1.807) is 0 Å². The summed E-state index contributed by atoms with van der Waals surface area (Å²) in [6.45, 7) is 15.2. The molecule has 2 rings (SSSR count). The summed E-state index contributed by atoms with van der Waals surface area (Å²) in [7, 11) is -2.98. The van der Waals surface area contributed by atoms with Gasteiger partial charge in [-0.2, -0.15) is 0 Å². The molecule has 1 aliphatic carbocycles. The van der Waals surface area contributed by atoms with E-state index in [2.05, 4.69) is 16.7 Å². The Bertz CT molecular complexity index is 657. The molecule has 5 nitrogen and oxygen atoms in total. The van der Waals surface area contributed by atoms with Crippen LogP contribution in [0.25, 0.3) is 4.85 Å². The van der Waals surface area contributed by atoms with Gasteiger partial charge in [-0.25, -0.2) is 13.3 Å².